The standard InChI is InChI=1S/2C24H26FN3O5S3/c2*1-35(29,30)18-8-10-28(22(12-18)16-2-4-17(25)5-3-16)21-9-11-33-23-13-19(6-7-20(21)23)36(31,32)14-24-26-15-27-34-24/h2*2-7,13,15,18,21-22H,8-12,14H2,1H3/t18-,21+,22+;18-,21-,22+/m00/s1. The zero-order valence-electron chi connectivity index (χ0n) is 39.2. The van der Waals surface area contributed by atoms with E-state index >= 15 is 0 Å². The van der Waals surface area contributed by atoms with Crippen molar-refractivity contribution in [3.63, 3.8) is 0 Å². The minimum Gasteiger partial charge on any atom is -0.493 e. The molecule has 0 spiro atoms. The van der Waals surface area contributed by atoms with Crippen LogP contribution in [0.15, 0.2) is 107 Å². The summed E-state index contributed by atoms with van der Waals surface area (Å²) in [5.74, 6) is -0.142. The first-order valence-electron chi connectivity index (χ1n) is 23.1. The van der Waals surface area contributed by atoms with E-state index in [4.69, 9.17) is 9.47 Å². The second-order valence-electron chi connectivity index (χ2n) is 18.5. The molecule has 0 bridgehead atoms. The third-order valence-electron chi connectivity index (χ3n) is 13.9. The molecule has 6 atom stereocenters. The lowest BCUT2D eigenvalue weighted by molar-refractivity contribution is 0.0680. The second-order valence-corrected chi connectivity index (χ2v) is 28.8. The number of ether oxygens (including phenoxy) is 2. The van der Waals surface area contributed by atoms with E-state index in [9.17, 15) is 42.5 Å². The van der Waals surface area contributed by atoms with Crippen molar-refractivity contribution in [3.8, 4) is 11.5 Å². The average molecular weight is 1100 g/mol. The number of hydrogen-bond acceptors (Lipinski definition) is 18. The number of rotatable bonds is 12. The van der Waals surface area contributed by atoms with Gasteiger partial charge in [-0.1, -0.05) is 36.4 Å². The molecule has 6 heterocycles. The van der Waals surface area contributed by atoms with Crippen LogP contribution >= 0.6 is 23.1 Å². The number of fused-ring (bicyclic) bond motifs is 2. The molecule has 2 fully saturated rings. The first-order chi connectivity index (χ1) is 34.2. The van der Waals surface area contributed by atoms with Crippen molar-refractivity contribution in [3.05, 3.63) is 141 Å². The molecule has 0 aliphatic carbocycles. The van der Waals surface area contributed by atoms with Crippen molar-refractivity contribution in [1.82, 2.24) is 28.5 Å². The van der Waals surface area contributed by atoms with E-state index in [1.54, 1.807) is 60.7 Å². The van der Waals surface area contributed by atoms with Crippen LogP contribution in [0.5, 0.6) is 11.5 Å². The van der Waals surface area contributed by atoms with Crippen LogP contribution in [0.25, 0.3) is 0 Å². The maximum atomic E-state index is 13.6. The number of sulfone groups is 4. The molecular weight excluding hydrogens is 1050 g/mol. The SMILES string of the molecule is CS(=O)(=O)[C@H]1CCN([C@@H]2CCOc3cc(S(=O)(=O)Cc4ncns4)ccc32)[C@@H](c2ccc(F)cc2)C1.CS(=O)(=O)[C@H]1CCN([C@H]2CCOc3cc(S(=O)(=O)Cc4ncns4)ccc32)[C@@H](c2ccc(F)cc2)C1. The quantitative estimate of drug-likeness (QED) is 0.116. The molecule has 72 heavy (non-hydrogen) atoms. The lowest BCUT2D eigenvalue weighted by Crippen LogP contribution is -2.44. The van der Waals surface area contributed by atoms with Crippen LogP contribution in [0.1, 0.15) is 95.0 Å². The fourth-order valence-electron chi connectivity index (χ4n) is 10.2. The Morgan fingerprint density at radius 3 is 1.28 bits per heavy atom. The summed E-state index contributed by atoms with van der Waals surface area (Å²) in [5, 5.41) is -0.114. The first-order valence-corrected chi connectivity index (χ1v) is 31.9. The van der Waals surface area contributed by atoms with Gasteiger partial charge in [-0.05, 0) is 108 Å². The highest BCUT2D eigenvalue weighted by Crippen LogP contribution is 2.47. The van der Waals surface area contributed by atoms with Crippen molar-refractivity contribution in [2.45, 2.75) is 94.5 Å². The molecule has 10 rings (SSSR count). The van der Waals surface area contributed by atoms with E-state index in [1.165, 1.54) is 49.4 Å². The molecule has 0 radical (unpaired) electrons. The van der Waals surface area contributed by atoms with Gasteiger partial charge in [0.1, 0.15) is 77.0 Å². The third-order valence-corrected chi connectivity index (χ3v) is 22.1. The van der Waals surface area contributed by atoms with Crippen molar-refractivity contribution in [1.29, 1.82) is 0 Å². The number of benzene rings is 4. The predicted octanol–water partition coefficient (Wildman–Crippen LogP) is 7.45. The van der Waals surface area contributed by atoms with Crippen LogP contribution in [0.3, 0.4) is 0 Å². The van der Waals surface area contributed by atoms with Gasteiger partial charge in [-0.15, -0.1) is 0 Å². The molecule has 4 aliphatic heterocycles. The largest absolute Gasteiger partial charge is 0.493 e. The summed E-state index contributed by atoms with van der Waals surface area (Å²) in [6.07, 6.45) is 8.36. The zero-order chi connectivity index (χ0) is 51.0. The topological polar surface area (TPSA) is 213 Å². The highest BCUT2D eigenvalue weighted by molar-refractivity contribution is 7.92. The first kappa shape index (κ1) is 52.1. The Morgan fingerprint density at radius 2 is 0.931 bits per heavy atom. The van der Waals surface area contributed by atoms with E-state index in [0.717, 1.165) is 45.3 Å². The van der Waals surface area contributed by atoms with Crippen LogP contribution in [0.2, 0.25) is 0 Å². The minimum absolute atomic E-state index is 0.0933. The molecule has 16 nitrogen and oxygen atoms in total. The number of halogens is 2. The smallest absolute Gasteiger partial charge is 0.185 e. The van der Waals surface area contributed by atoms with E-state index in [2.05, 4.69) is 28.5 Å². The number of hydrogen-bond donors (Lipinski definition) is 0. The van der Waals surface area contributed by atoms with Crippen molar-refractivity contribution >= 4 is 62.4 Å². The predicted molar refractivity (Wildman–Crippen MR) is 268 cm³/mol. The van der Waals surface area contributed by atoms with Crippen LogP contribution in [0.4, 0.5) is 8.78 Å². The summed E-state index contributed by atoms with van der Waals surface area (Å²) < 4.78 is 148. The Balaban J connectivity index is 0.000000178. The molecule has 0 N–H and O–H groups in total. The molecule has 4 aliphatic rings. The van der Waals surface area contributed by atoms with Gasteiger partial charge in [-0.2, -0.15) is 8.75 Å². The lowest BCUT2D eigenvalue weighted by Gasteiger charge is -2.45. The summed E-state index contributed by atoms with van der Waals surface area (Å²) in [6.45, 7) is 1.89. The van der Waals surface area contributed by atoms with E-state index < -0.39 is 49.8 Å². The molecule has 0 saturated carbocycles. The zero-order valence-corrected chi connectivity index (χ0v) is 44.1. The van der Waals surface area contributed by atoms with Gasteiger partial charge >= 0.3 is 0 Å². The number of likely N-dealkylation sites (tertiary alicyclic amines) is 2. The van der Waals surface area contributed by atoms with Crippen LogP contribution in [-0.2, 0) is 50.9 Å². The molecule has 0 amide bonds. The molecular formula is C48H52F2N6O10S6. The summed E-state index contributed by atoms with van der Waals surface area (Å²) in [6, 6.07) is 21.7. The van der Waals surface area contributed by atoms with Gasteiger partial charge in [-0.25, -0.2) is 52.4 Å². The average Bonchev–Trinajstić information content (AvgIpc) is 4.07. The Labute approximate surface area is 426 Å². The Bertz CT molecular complexity index is 3110. The van der Waals surface area contributed by atoms with Crippen molar-refractivity contribution in [2.75, 3.05) is 38.8 Å². The summed E-state index contributed by atoms with van der Waals surface area (Å²) >= 11 is 2.10. The lowest BCUT2D eigenvalue weighted by atomic mass is 9.89. The Morgan fingerprint density at radius 1 is 0.542 bits per heavy atom. The fourth-order valence-corrected chi connectivity index (χ4v) is 16.6. The fraction of sp³-hybridized carbons (Fsp3) is 0.417. The molecule has 2 saturated heterocycles. The molecule has 2 aromatic heterocycles. The van der Waals surface area contributed by atoms with Gasteiger partial charge in [-0.3, -0.25) is 9.80 Å². The summed E-state index contributed by atoms with van der Waals surface area (Å²) in [4.78, 5) is 12.8. The monoisotopic (exact) mass is 1100 g/mol. The van der Waals surface area contributed by atoms with E-state index in [1.807, 2.05) is 0 Å². The summed E-state index contributed by atoms with van der Waals surface area (Å²) in [7, 11) is -13.7. The van der Waals surface area contributed by atoms with E-state index in [-0.39, 0.29) is 57.1 Å². The maximum Gasteiger partial charge on any atom is 0.185 e. The Kier molecular flexibility index (Phi) is 15.3. The van der Waals surface area contributed by atoms with E-state index in [0.29, 0.717) is 86.3 Å². The number of piperidine rings is 2. The molecule has 24 heteroatoms. The summed E-state index contributed by atoms with van der Waals surface area (Å²) in [5.41, 5.74) is 3.44. The highest BCUT2D eigenvalue weighted by atomic mass is 32.2. The van der Waals surface area contributed by atoms with Gasteiger partial charge in [0.2, 0.25) is 0 Å². The van der Waals surface area contributed by atoms with Crippen molar-refractivity contribution in [2.24, 2.45) is 0 Å². The number of aromatic nitrogens is 4. The molecule has 6 aromatic rings. The van der Waals surface area contributed by atoms with Gasteiger partial charge in [0.25, 0.3) is 0 Å². The normalized spacial score (nSPS) is 23.1. The van der Waals surface area contributed by atoms with Crippen LogP contribution < -0.4 is 9.47 Å². The van der Waals surface area contributed by atoms with Gasteiger partial charge in [0.05, 0.1) is 33.5 Å². The molecule has 0 unspecified atom stereocenters. The highest BCUT2D eigenvalue weighted by Gasteiger charge is 2.42. The molecule has 4 aromatic carbocycles. The van der Waals surface area contributed by atoms with Crippen LogP contribution in [0, 0.1) is 11.6 Å². The minimum atomic E-state index is -3.63. The van der Waals surface area contributed by atoms with Crippen molar-refractivity contribution < 1.29 is 51.9 Å². The number of nitrogens with zero attached hydrogens (tertiary/aromatic N) is 6. The Hall–Kier alpha value is -4.82. The van der Waals surface area contributed by atoms with Gasteiger partial charge < -0.3 is 9.47 Å². The maximum absolute atomic E-state index is 13.6. The molecule has 384 valence electrons. The second kappa shape index (κ2) is 21.2. The van der Waals surface area contributed by atoms with Gasteiger partial charge in [0, 0.05) is 73.7 Å². The van der Waals surface area contributed by atoms with Crippen LogP contribution in [-0.4, -0.2) is 112 Å². The van der Waals surface area contributed by atoms with Gasteiger partial charge in [0.15, 0.2) is 19.7 Å². The third kappa shape index (κ3) is 11.7.